The lowest BCUT2D eigenvalue weighted by Crippen LogP contribution is -2.48. The fourth-order valence-corrected chi connectivity index (χ4v) is 6.38. The normalized spacial score (nSPS) is 14.1. The SMILES string of the molecule is O=C(CCS(=O)(=O)c1cccs1)Nc1ccc(C(=O)N2CCN(c3ccccc3Cl)CC2)cc1. The zero-order chi connectivity index (χ0) is 24.1. The van der Waals surface area contributed by atoms with Crippen LogP contribution in [0.2, 0.25) is 5.02 Å². The van der Waals surface area contributed by atoms with E-state index in [1.165, 1.54) is 6.07 Å². The first-order valence-electron chi connectivity index (χ1n) is 10.8. The van der Waals surface area contributed by atoms with Crippen molar-refractivity contribution >= 4 is 56.0 Å². The van der Waals surface area contributed by atoms with Crippen LogP contribution in [0.1, 0.15) is 16.8 Å². The summed E-state index contributed by atoms with van der Waals surface area (Å²) in [5.41, 5.74) is 2.02. The lowest BCUT2D eigenvalue weighted by atomic mass is 10.1. The van der Waals surface area contributed by atoms with Crippen molar-refractivity contribution < 1.29 is 18.0 Å². The molecule has 2 heterocycles. The predicted molar refractivity (Wildman–Crippen MR) is 136 cm³/mol. The maximum Gasteiger partial charge on any atom is 0.253 e. The van der Waals surface area contributed by atoms with Crippen molar-refractivity contribution in [3.05, 3.63) is 76.6 Å². The van der Waals surface area contributed by atoms with Crippen molar-refractivity contribution in [1.29, 1.82) is 0 Å². The lowest BCUT2D eigenvalue weighted by Gasteiger charge is -2.36. The molecule has 1 saturated heterocycles. The van der Waals surface area contributed by atoms with Gasteiger partial charge in [0, 0.05) is 43.9 Å². The minimum atomic E-state index is -3.46. The van der Waals surface area contributed by atoms with E-state index in [4.69, 9.17) is 11.6 Å². The molecule has 4 rings (SSSR count). The number of anilines is 2. The smallest absolute Gasteiger partial charge is 0.253 e. The maximum absolute atomic E-state index is 12.9. The molecule has 0 unspecified atom stereocenters. The van der Waals surface area contributed by atoms with Crippen LogP contribution in [0.5, 0.6) is 0 Å². The van der Waals surface area contributed by atoms with Gasteiger partial charge in [-0.15, -0.1) is 11.3 Å². The van der Waals surface area contributed by atoms with Crippen LogP contribution in [-0.4, -0.2) is 57.1 Å². The minimum absolute atomic E-state index is 0.0706. The number of nitrogens with one attached hydrogen (secondary N) is 1. The third kappa shape index (κ3) is 5.78. The fraction of sp³-hybridized carbons (Fsp3) is 0.250. The summed E-state index contributed by atoms with van der Waals surface area (Å²) in [4.78, 5) is 29.1. The Bertz CT molecular complexity index is 1250. The summed E-state index contributed by atoms with van der Waals surface area (Å²) in [6, 6.07) is 17.5. The van der Waals surface area contributed by atoms with E-state index in [-0.39, 0.29) is 22.3 Å². The van der Waals surface area contributed by atoms with Gasteiger partial charge in [-0.3, -0.25) is 9.59 Å². The summed E-state index contributed by atoms with van der Waals surface area (Å²) < 4.78 is 24.7. The first kappa shape index (κ1) is 24.3. The highest BCUT2D eigenvalue weighted by atomic mass is 35.5. The molecule has 1 fully saturated rings. The second-order valence-corrected chi connectivity index (χ2v) is 11.5. The van der Waals surface area contributed by atoms with Gasteiger partial charge in [-0.25, -0.2) is 8.42 Å². The number of nitrogens with zero attached hydrogens (tertiary/aromatic N) is 2. The topological polar surface area (TPSA) is 86.8 Å². The van der Waals surface area contributed by atoms with Gasteiger partial charge in [0.05, 0.1) is 16.5 Å². The number of carbonyl (C=O) groups excluding carboxylic acids is 2. The van der Waals surface area contributed by atoms with Crippen LogP contribution in [0.15, 0.2) is 70.3 Å². The van der Waals surface area contributed by atoms with Crippen molar-refractivity contribution in [1.82, 2.24) is 4.90 Å². The van der Waals surface area contributed by atoms with Gasteiger partial charge in [-0.05, 0) is 47.8 Å². The summed E-state index contributed by atoms with van der Waals surface area (Å²) in [5, 5.41) is 5.08. The van der Waals surface area contributed by atoms with Crippen molar-refractivity contribution in [2.24, 2.45) is 0 Å². The van der Waals surface area contributed by atoms with E-state index in [1.54, 1.807) is 40.6 Å². The van der Waals surface area contributed by atoms with Crippen molar-refractivity contribution in [3.8, 4) is 0 Å². The summed E-state index contributed by atoms with van der Waals surface area (Å²) >= 11 is 7.42. The number of hydrogen-bond donors (Lipinski definition) is 1. The molecule has 0 aliphatic carbocycles. The Balaban J connectivity index is 1.28. The van der Waals surface area contributed by atoms with Crippen LogP contribution in [0.3, 0.4) is 0 Å². The number of piperazine rings is 1. The number of carbonyl (C=O) groups is 2. The Kier molecular flexibility index (Phi) is 7.55. The second kappa shape index (κ2) is 10.6. The Morgan fingerprint density at radius 1 is 0.941 bits per heavy atom. The van der Waals surface area contributed by atoms with Crippen LogP contribution >= 0.6 is 22.9 Å². The summed E-state index contributed by atoms with van der Waals surface area (Å²) in [5.74, 6) is -0.718. The molecule has 7 nitrogen and oxygen atoms in total. The third-order valence-electron chi connectivity index (χ3n) is 5.58. The maximum atomic E-state index is 12.9. The first-order valence-corrected chi connectivity index (χ1v) is 13.7. The van der Waals surface area contributed by atoms with E-state index < -0.39 is 15.7 Å². The Labute approximate surface area is 207 Å². The predicted octanol–water partition coefficient (Wildman–Crippen LogP) is 4.17. The fourth-order valence-electron chi connectivity index (χ4n) is 3.73. The molecular weight excluding hydrogens is 494 g/mol. The van der Waals surface area contributed by atoms with E-state index in [9.17, 15) is 18.0 Å². The molecule has 0 bridgehead atoms. The summed E-state index contributed by atoms with van der Waals surface area (Å²) in [7, 11) is -3.46. The molecule has 0 spiro atoms. The van der Waals surface area contributed by atoms with Crippen molar-refractivity contribution in [3.63, 3.8) is 0 Å². The molecule has 2 aromatic carbocycles. The monoisotopic (exact) mass is 517 g/mol. The largest absolute Gasteiger partial charge is 0.367 e. The number of para-hydroxylation sites is 1. The number of hydrogen-bond acceptors (Lipinski definition) is 6. The molecule has 1 aliphatic heterocycles. The number of thiophene rings is 1. The highest BCUT2D eigenvalue weighted by Gasteiger charge is 2.23. The van der Waals surface area contributed by atoms with Gasteiger partial charge < -0.3 is 15.1 Å². The Hall–Kier alpha value is -2.88. The number of rotatable bonds is 7. The number of benzene rings is 2. The Morgan fingerprint density at radius 2 is 1.65 bits per heavy atom. The average Bonchev–Trinajstić information content (AvgIpc) is 3.40. The molecular formula is C24H24ClN3O4S2. The van der Waals surface area contributed by atoms with Gasteiger partial charge in [-0.2, -0.15) is 0 Å². The van der Waals surface area contributed by atoms with E-state index >= 15 is 0 Å². The second-order valence-electron chi connectivity index (χ2n) is 7.86. The zero-order valence-corrected chi connectivity index (χ0v) is 20.7. The van der Waals surface area contributed by atoms with Crippen LogP contribution in [-0.2, 0) is 14.6 Å². The molecule has 34 heavy (non-hydrogen) atoms. The molecule has 0 saturated carbocycles. The van der Waals surface area contributed by atoms with Crippen LogP contribution in [0.25, 0.3) is 0 Å². The van der Waals surface area contributed by atoms with Gasteiger partial charge in [0.1, 0.15) is 4.21 Å². The van der Waals surface area contributed by atoms with Crippen LogP contribution < -0.4 is 10.2 Å². The van der Waals surface area contributed by atoms with Crippen LogP contribution in [0.4, 0.5) is 11.4 Å². The first-order chi connectivity index (χ1) is 16.3. The average molecular weight is 518 g/mol. The van der Waals surface area contributed by atoms with E-state index in [0.29, 0.717) is 42.5 Å². The lowest BCUT2D eigenvalue weighted by molar-refractivity contribution is -0.115. The van der Waals surface area contributed by atoms with Crippen LogP contribution in [0, 0.1) is 0 Å². The van der Waals surface area contributed by atoms with E-state index in [0.717, 1.165) is 17.0 Å². The third-order valence-corrected chi connectivity index (χ3v) is 9.10. The van der Waals surface area contributed by atoms with Gasteiger partial charge in [-0.1, -0.05) is 29.8 Å². The molecule has 178 valence electrons. The summed E-state index contributed by atoms with van der Waals surface area (Å²) in [6.07, 6.45) is -0.142. The van der Waals surface area contributed by atoms with Gasteiger partial charge >= 0.3 is 0 Å². The van der Waals surface area contributed by atoms with Crippen molar-refractivity contribution in [2.45, 2.75) is 10.6 Å². The van der Waals surface area contributed by atoms with Gasteiger partial charge in [0.25, 0.3) is 5.91 Å². The highest BCUT2D eigenvalue weighted by molar-refractivity contribution is 7.93. The standard InChI is InChI=1S/C24H24ClN3O4S2/c25-20-4-1-2-5-21(20)27-12-14-28(15-13-27)24(30)18-7-9-19(10-8-18)26-22(29)11-17-34(31,32)23-6-3-16-33-23/h1-10,16H,11-15,17H2,(H,26,29). The summed E-state index contributed by atoms with van der Waals surface area (Å²) in [6.45, 7) is 2.55. The number of halogens is 1. The number of sulfone groups is 1. The zero-order valence-electron chi connectivity index (χ0n) is 18.3. The van der Waals surface area contributed by atoms with Gasteiger partial charge in [0.2, 0.25) is 5.91 Å². The van der Waals surface area contributed by atoms with E-state index in [2.05, 4.69) is 10.2 Å². The molecule has 2 amide bonds. The molecule has 3 aromatic rings. The quantitative estimate of drug-likeness (QED) is 0.508. The molecule has 1 aromatic heterocycles. The molecule has 10 heteroatoms. The van der Waals surface area contributed by atoms with Gasteiger partial charge in [0.15, 0.2) is 9.84 Å². The number of amides is 2. The highest BCUT2D eigenvalue weighted by Crippen LogP contribution is 2.26. The van der Waals surface area contributed by atoms with Crippen molar-refractivity contribution in [2.75, 3.05) is 42.1 Å². The molecule has 1 aliphatic rings. The minimum Gasteiger partial charge on any atom is -0.367 e. The Morgan fingerprint density at radius 3 is 2.29 bits per heavy atom. The molecule has 1 N–H and O–H groups in total. The van der Waals surface area contributed by atoms with E-state index in [1.807, 2.05) is 24.3 Å². The molecule has 0 radical (unpaired) electrons. The molecule has 0 atom stereocenters.